The second-order valence-electron chi connectivity index (χ2n) is 10.0. The number of phenolic OH excluding ortho intramolecular Hbond substituents is 1. The lowest BCUT2D eigenvalue weighted by Gasteiger charge is -2.38. The molecule has 2 aromatic carbocycles. The smallest absolute Gasteiger partial charge is 0.225 e. The van der Waals surface area contributed by atoms with Crippen molar-refractivity contribution in [3.63, 3.8) is 0 Å². The van der Waals surface area contributed by atoms with Gasteiger partial charge in [0.2, 0.25) is 5.91 Å². The molecule has 1 amide bonds. The Hall–Kier alpha value is -2.33. The summed E-state index contributed by atoms with van der Waals surface area (Å²) < 4.78 is 0. The molecule has 172 valence electrons. The molecule has 2 aromatic rings. The molecule has 1 N–H and O–H groups in total. The van der Waals surface area contributed by atoms with Gasteiger partial charge in [-0.1, -0.05) is 81.6 Å². The fraction of sp³-hybridized carbons (Fsp3) is 0.536. The van der Waals surface area contributed by atoms with Crippen molar-refractivity contribution >= 4 is 5.91 Å². The van der Waals surface area contributed by atoms with E-state index >= 15 is 0 Å². The lowest BCUT2D eigenvalue weighted by molar-refractivity contribution is -0.138. The molecule has 0 aromatic heterocycles. The van der Waals surface area contributed by atoms with Gasteiger partial charge in [0, 0.05) is 49.6 Å². The molecule has 1 heterocycles. The predicted octanol–water partition coefficient (Wildman–Crippen LogP) is 5.43. The number of carbonyl (C=O) groups is 1. The average molecular weight is 435 g/mol. The highest BCUT2D eigenvalue weighted by molar-refractivity contribution is 5.78. The highest BCUT2D eigenvalue weighted by Crippen LogP contribution is 2.36. The third kappa shape index (κ3) is 5.35. The van der Waals surface area contributed by atoms with Crippen LogP contribution in [-0.4, -0.2) is 46.5 Å². The van der Waals surface area contributed by atoms with Crippen LogP contribution >= 0.6 is 0 Å². The maximum Gasteiger partial charge on any atom is 0.225 e. The molecule has 0 radical (unpaired) electrons. The first-order chi connectivity index (χ1) is 15.5. The van der Waals surface area contributed by atoms with Crippen LogP contribution in [0.3, 0.4) is 0 Å². The molecule has 1 saturated heterocycles. The van der Waals surface area contributed by atoms with E-state index in [1.165, 1.54) is 24.8 Å². The highest BCUT2D eigenvalue weighted by Gasteiger charge is 2.38. The number of nitrogens with zero attached hydrogens (tertiary/aromatic N) is 2. The standard InChI is InChI=1S/C28H38N2O2/c1-21(2)28(32)30(25-14-7-4-8-15-25)19-24-18-29(17-23-13-9-10-16-27(23)31)20-26(24)22-11-5-3-6-12-22/h3,5-6,9-13,16,21,24-26,31H,4,7-8,14-15,17-20H2,1-2H3. The van der Waals surface area contributed by atoms with Crippen LogP contribution in [-0.2, 0) is 11.3 Å². The third-order valence-corrected chi connectivity index (χ3v) is 7.35. The zero-order valence-electron chi connectivity index (χ0n) is 19.6. The van der Waals surface area contributed by atoms with Gasteiger partial charge in [0.15, 0.2) is 0 Å². The van der Waals surface area contributed by atoms with E-state index in [4.69, 9.17) is 0 Å². The second-order valence-corrected chi connectivity index (χ2v) is 10.0. The molecule has 2 aliphatic rings. The number of phenols is 1. The van der Waals surface area contributed by atoms with Gasteiger partial charge in [-0.25, -0.2) is 0 Å². The summed E-state index contributed by atoms with van der Waals surface area (Å²) in [6.07, 6.45) is 6.05. The van der Waals surface area contributed by atoms with E-state index in [1.54, 1.807) is 6.07 Å². The van der Waals surface area contributed by atoms with Crippen molar-refractivity contribution in [1.82, 2.24) is 9.80 Å². The fourth-order valence-electron chi connectivity index (χ4n) is 5.63. The average Bonchev–Trinajstić information content (AvgIpc) is 3.22. The molecule has 1 aliphatic heterocycles. The molecule has 4 heteroatoms. The summed E-state index contributed by atoms with van der Waals surface area (Å²) in [4.78, 5) is 18.0. The highest BCUT2D eigenvalue weighted by atomic mass is 16.3. The van der Waals surface area contributed by atoms with Gasteiger partial charge in [-0.3, -0.25) is 9.69 Å². The molecule has 1 saturated carbocycles. The predicted molar refractivity (Wildman–Crippen MR) is 129 cm³/mol. The number of carbonyl (C=O) groups excluding carboxylic acids is 1. The van der Waals surface area contributed by atoms with E-state index in [0.717, 1.165) is 44.6 Å². The van der Waals surface area contributed by atoms with E-state index in [2.05, 4.69) is 40.1 Å². The van der Waals surface area contributed by atoms with Gasteiger partial charge in [0.1, 0.15) is 5.75 Å². The molecule has 32 heavy (non-hydrogen) atoms. The molecule has 0 spiro atoms. The van der Waals surface area contributed by atoms with E-state index in [0.29, 0.717) is 29.5 Å². The number of amides is 1. The summed E-state index contributed by atoms with van der Waals surface area (Å²) in [7, 11) is 0. The quantitative estimate of drug-likeness (QED) is 0.632. The largest absolute Gasteiger partial charge is 0.508 e. The summed E-state index contributed by atoms with van der Waals surface area (Å²) >= 11 is 0. The van der Waals surface area contributed by atoms with Gasteiger partial charge in [-0.15, -0.1) is 0 Å². The second kappa shape index (κ2) is 10.5. The van der Waals surface area contributed by atoms with Crippen molar-refractivity contribution in [2.24, 2.45) is 11.8 Å². The van der Waals surface area contributed by atoms with Crippen LogP contribution in [0.25, 0.3) is 0 Å². The molecule has 0 bridgehead atoms. The normalized spacial score (nSPS) is 22.3. The van der Waals surface area contributed by atoms with E-state index in [9.17, 15) is 9.90 Å². The van der Waals surface area contributed by atoms with Crippen LogP contribution in [0.1, 0.15) is 63.0 Å². The molecular formula is C28H38N2O2. The topological polar surface area (TPSA) is 43.8 Å². The van der Waals surface area contributed by atoms with Gasteiger partial charge in [0.25, 0.3) is 0 Å². The summed E-state index contributed by atoms with van der Waals surface area (Å²) in [5, 5.41) is 10.3. The van der Waals surface area contributed by atoms with Crippen LogP contribution in [0.4, 0.5) is 0 Å². The van der Waals surface area contributed by atoms with Crippen molar-refractivity contribution in [2.45, 2.75) is 64.5 Å². The Balaban J connectivity index is 1.56. The van der Waals surface area contributed by atoms with Gasteiger partial charge < -0.3 is 10.0 Å². The molecule has 2 atom stereocenters. The summed E-state index contributed by atoms with van der Waals surface area (Å²) in [5.74, 6) is 1.50. The third-order valence-electron chi connectivity index (χ3n) is 7.35. The van der Waals surface area contributed by atoms with E-state index < -0.39 is 0 Å². The number of rotatable bonds is 7. The number of hydrogen-bond donors (Lipinski definition) is 1. The molecule has 2 fully saturated rings. The van der Waals surface area contributed by atoms with Crippen molar-refractivity contribution < 1.29 is 9.90 Å². The minimum atomic E-state index is 0.0332. The van der Waals surface area contributed by atoms with Gasteiger partial charge in [-0.05, 0) is 30.4 Å². The Morgan fingerprint density at radius 1 is 1.00 bits per heavy atom. The monoisotopic (exact) mass is 434 g/mol. The maximum atomic E-state index is 13.3. The first-order valence-electron chi connectivity index (χ1n) is 12.4. The van der Waals surface area contributed by atoms with Crippen molar-refractivity contribution in [3.05, 3.63) is 65.7 Å². The number of benzene rings is 2. The summed E-state index contributed by atoms with van der Waals surface area (Å²) in [6, 6.07) is 18.8. The van der Waals surface area contributed by atoms with Crippen LogP contribution in [0.5, 0.6) is 5.75 Å². The van der Waals surface area contributed by atoms with E-state index in [-0.39, 0.29) is 5.92 Å². The number of hydrogen-bond acceptors (Lipinski definition) is 3. The number of likely N-dealkylation sites (tertiary alicyclic amines) is 1. The fourth-order valence-corrected chi connectivity index (χ4v) is 5.63. The van der Waals surface area contributed by atoms with Gasteiger partial charge in [0.05, 0.1) is 0 Å². The Kier molecular flexibility index (Phi) is 7.51. The Labute approximate surface area is 193 Å². The zero-order chi connectivity index (χ0) is 22.5. The van der Waals surface area contributed by atoms with Crippen LogP contribution in [0, 0.1) is 11.8 Å². The Bertz CT molecular complexity index is 876. The number of aromatic hydroxyl groups is 1. The minimum absolute atomic E-state index is 0.0332. The molecule has 4 nitrogen and oxygen atoms in total. The first kappa shape index (κ1) is 22.8. The summed E-state index contributed by atoms with van der Waals surface area (Å²) in [6.45, 7) is 7.55. The van der Waals surface area contributed by atoms with E-state index in [1.807, 2.05) is 32.0 Å². The zero-order valence-corrected chi connectivity index (χ0v) is 19.6. The first-order valence-corrected chi connectivity index (χ1v) is 12.4. The lowest BCUT2D eigenvalue weighted by Crippen LogP contribution is -2.47. The summed E-state index contributed by atoms with van der Waals surface area (Å²) in [5.41, 5.74) is 2.33. The molecule has 1 aliphatic carbocycles. The van der Waals surface area contributed by atoms with Gasteiger partial charge >= 0.3 is 0 Å². The Morgan fingerprint density at radius 3 is 2.38 bits per heavy atom. The lowest BCUT2D eigenvalue weighted by atomic mass is 9.86. The van der Waals surface area contributed by atoms with Crippen molar-refractivity contribution in [2.75, 3.05) is 19.6 Å². The maximum absolute atomic E-state index is 13.3. The SMILES string of the molecule is CC(C)C(=O)N(CC1CN(Cc2ccccc2O)CC1c1ccccc1)C1CCCCC1. The van der Waals surface area contributed by atoms with Crippen molar-refractivity contribution in [1.29, 1.82) is 0 Å². The molecular weight excluding hydrogens is 396 g/mol. The van der Waals surface area contributed by atoms with Crippen LogP contribution < -0.4 is 0 Å². The van der Waals surface area contributed by atoms with Gasteiger partial charge in [-0.2, -0.15) is 0 Å². The number of para-hydroxylation sites is 1. The van der Waals surface area contributed by atoms with Crippen LogP contribution in [0.2, 0.25) is 0 Å². The molecule has 2 unspecified atom stereocenters. The van der Waals surface area contributed by atoms with Crippen LogP contribution in [0.15, 0.2) is 54.6 Å². The van der Waals surface area contributed by atoms with Crippen molar-refractivity contribution in [3.8, 4) is 5.75 Å². The Morgan fingerprint density at radius 2 is 1.69 bits per heavy atom. The minimum Gasteiger partial charge on any atom is -0.508 e. The molecule has 4 rings (SSSR count).